The fraction of sp³-hybridized carbons (Fsp3) is 0.455. The molecule has 23 heavy (non-hydrogen) atoms. The largest absolute Gasteiger partial charge is 0.112 e. The van der Waals surface area contributed by atoms with Gasteiger partial charge >= 0.3 is 0 Å². The normalized spacial score (nSPS) is 13.2. The Morgan fingerprint density at radius 1 is 0.565 bits per heavy atom. The molecule has 0 saturated carbocycles. The van der Waals surface area contributed by atoms with Gasteiger partial charge in [0.15, 0.2) is 0 Å². The summed E-state index contributed by atoms with van der Waals surface area (Å²) in [5, 5.41) is 3.15. The van der Waals surface area contributed by atoms with E-state index in [1.807, 2.05) is 0 Å². The van der Waals surface area contributed by atoms with Gasteiger partial charge < -0.3 is 0 Å². The molecule has 0 N–H and O–H groups in total. The van der Waals surface area contributed by atoms with E-state index in [2.05, 4.69) is 103 Å². The third kappa shape index (κ3) is 3.61. The van der Waals surface area contributed by atoms with Gasteiger partial charge in [-0.25, -0.2) is 0 Å². The molecule has 0 aromatic heterocycles. The van der Waals surface area contributed by atoms with Crippen LogP contribution in [-0.2, 0) is 10.8 Å². The van der Waals surface area contributed by atoms with Crippen LogP contribution < -0.4 is 10.4 Å². The summed E-state index contributed by atoms with van der Waals surface area (Å²) in [4.78, 5) is 0. The molecule has 0 heterocycles. The van der Waals surface area contributed by atoms with E-state index in [0.29, 0.717) is 0 Å². The maximum Gasteiger partial charge on any atom is 0.112 e. The molecular weight excluding hydrogens is 292 g/mol. The second-order valence-electron chi connectivity index (χ2n) is 9.22. The van der Waals surface area contributed by atoms with Crippen molar-refractivity contribution in [1.82, 2.24) is 0 Å². The molecule has 0 atom stereocenters. The van der Waals surface area contributed by atoms with Crippen molar-refractivity contribution in [2.24, 2.45) is 0 Å². The molecule has 0 radical (unpaired) electrons. The first-order valence-electron chi connectivity index (χ1n) is 8.65. The highest BCUT2D eigenvalue weighted by Gasteiger charge is 2.34. The van der Waals surface area contributed by atoms with Crippen molar-refractivity contribution in [3.63, 3.8) is 0 Å². The minimum Gasteiger partial charge on any atom is -0.0623 e. The molecule has 0 saturated heterocycles. The molecule has 0 spiro atoms. The molecule has 2 aromatic rings. The fourth-order valence-corrected chi connectivity index (χ4v) is 7.09. The van der Waals surface area contributed by atoms with Gasteiger partial charge in [0.2, 0.25) is 0 Å². The maximum atomic E-state index is 2.50. The summed E-state index contributed by atoms with van der Waals surface area (Å²) in [6, 6.07) is 18.2. The van der Waals surface area contributed by atoms with Crippen molar-refractivity contribution in [3.05, 3.63) is 59.7 Å². The van der Waals surface area contributed by atoms with Crippen LogP contribution in [0.2, 0.25) is 13.1 Å². The first-order valence-corrected chi connectivity index (χ1v) is 11.7. The van der Waals surface area contributed by atoms with E-state index in [9.17, 15) is 0 Å². The van der Waals surface area contributed by atoms with E-state index < -0.39 is 8.07 Å². The SMILES string of the molecule is CC(C)(C)c1ccccc1[Si](C)(C)c1ccccc1C(C)(C)C. The van der Waals surface area contributed by atoms with Crippen LogP contribution in [0.3, 0.4) is 0 Å². The van der Waals surface area contributed by atoms with Gasteiger partial charge in [0, 0.05) is 0 Å². The summed E-state index contributed by atoms with van der Waals surface area (Å²) in [5.74, 6) is 0. The maximum absolute atomic E-state index is 2.50. The minimum absolute atomic E-state index is 0.178. The Hall–Kier alpha value is -1.34. The van der Waals surface area contributed by atoms with Crippen LogP contribution in [0.1, 0.15) is 52.7 Å². The molecule has 2 aromatic carbocycles. The van der Waals surface area contributed by atoms with Gasteiger partial charge in [-0.15, -0.1) is 0 Å². The van der Waals surface area contributed by atoms with Crippen molar-refractivity contribution in [2.75, 3.05) is 0 Å². The Balaban J connectivity index is 2.71. The van der Waals surface area contributed by atoms with Gasteiger partial charge in [0.05, 0.1) is 0 Å². The van der Waals surface area contributed by atoms with Crippen molar-refractivity contribution in [2.45, 2.75) is 65.5 Å². The highest BCUT2D eigenvalue weighted by Crippen LogP contribution is 2.26. The van der Waals surface area contributed by atoms with Crippen molar-refractivity contribution >= 4 is 18.4 Å². The van der Waals surface area contributed by atoms with Gasteiger partial charge in [-0.2, -0.15) is 0 Å². The molecule has 0 aliphatic heterocycles. The van der Waals surface area contributed by atoms with Crippen molar-refractivity contribution in [3.8, 4) is 0 Å². The molecule has 0 nitrogen and oxygen atoms in total. The highest BCUT2D eigenvalue weighted by atomic mass is 28.3. The molecule has 2 rings (SSSR count). The van der Waals surface area contributed by atoms with Crippen LogP contribution in [0.5, 0.6) is 0 Å². The molecule has 0 bridgehead atoms. The Kier molecular flexibility index (Phi) is 4.65. The molecule has 1 heteroatoms. The second-order valence-corrected chi connectivity index (χ2v) is 13.5. The van der Waals surface area contributed by atoms with E-state index in [-0.39, 0.29) is 10.8 Å². The molecular formula is C22H32Si. The van der Waals surface area contributed by atoms with E-state index in [1.165, 1.54) is 11.1 Å². The summed E-state index contributed by atoms with van der Waals surface area (Å²) < 4.78 is 0. The second kappa shape index (κ2) is 5.94. The van der Waals surface area contributed by atoms with Crippen LogP contribution in [0.15, 0.2) is 48.5 Å². The average molecular weight is 325 g/mol. The Morgan fingerprint density at radius 3 is 1.17 bits per heavy atom. The lowest BCUT2D eigenvalue weighted by atomic mass is 9.87. The van der Waals surface area contributed by atoms with Gasteiger partial charge in [-0.1, -0.05) is 114 Å². The zero-order valence-electron chi connectivity index (χ0n) is 16.1. The molecule has 0 aliphatic rings. The van der Waals surface area contributed by atoms with Gasteiger partial charge in [-0.3, -0.25) is 0 Å². The van der Waals surface area contributed by atoms with E-state index in [4.69, 9.17) is 0 Å². The third-order valence-corrected chi connectivity index (χ3v) is 8.38. The zero-order valence-corrected chi connectivity index (χ0v) is 17.1. The van der Waals surface area contributed by atoms with Crippen LogP contribution >= 0.6 is 0 Å². The molecule has 0 aliphatic carbocycles. The predicted octanol–water partition coefficient (Wildman–Crippen LogP) is 5.10. The average Bonchev–Trinajstić information content (AvgIpc) is 2.45. The van der Waals surface area contributed by atoms with Gasteiger partial charge in [-0.05, 0) is 22.0 Å². The first-order chi connectivity index (χ1) is 10.5. The summed E-state index contributed by atoms with van der Waals surface area (Å²) in [6.45, 7) is 19.0. The van der Waals surface area contributed by atoms with E-state index in [1.54, 1.807) is 10.4 Å². The summed E-state index contributed by atoms with van der Waals surface area (Å²) in [7, 11) is -1.76. The van der Waals surface area contributed by atoms with Crippen molar-refractivity contribution in [1.29, 1.82) is 0 Å². The highest BCUT2D eigenvalue weighted by molar-refractivity contribution is 7.01. The third-order valence-electron chi connectivity index (χ3n) is 4.82. The van der Waals surface area contributed by atoms with Crippen LogP contribution in [0.25, 0.3) is 0 Å². The summed E-state index contributed by atoms with van der Waals surface area (Å²) in [6.07, 6.45) is 0. The standard InChI is InChI=1S/C22H32Si/c1-21(2,3)17-13-9-11-15-19(17)23(7,8)20-16-12-10-14-18(20)22(4,5)6/h9-16H,1-8H3. The topological polar surface area (TPSA) is 0 Å². The van der Waals surface area contributed by atoms with Crippen LogP contribution in [-0.4, -0.2) is 8.07 Å². The lowest BCUT2D eigenvalue weighted by molar-refractivity contribution is 0.592. The predicted molar refractivity (Wildman–Crippen MR) is 107 cm³/mol. The monoisotopic (exact) mass is 324 g/mol. The molecule has 0 fully saturated rings. The molecule has 124 valence electrons. The van der Waals surface area contributed by atoms with E-state index >= 15 is 0 Å². The summed E-state index contributed by atoms with van der Waals surface area (Å²) in [5.41, 5.74) is 3.36. The smallest absolute Gasteiger partial charge is 0.0623 e. The van der Waals surface area contributed by atoms with Crippen molar-refractivity contribution < 1.29 is 0 Å². The fourth-order valence-electron chi connectivity index (χ4n) is 3.51. The first kappa shape index (κ1) is 18.0. The lowest BCUT2D eigenvalue weighted by Crippen LogP contribution is -2.57. The van der Waals surface area contributed by atoms with Crippen LogP contribution in [0.4, 0.5) is 0 Å². The summed E-state index contributed by atoms with van der Waals surface area (Å²) >= 11 is 0. The molecule has 0 amide bonds. The number of rotatable bonds is 2. The molecule has 0 unspecified atom stereocenters. The number of hydrogen-bond acceptors (Lipinski definition) is 0. The zero-order chi connectivity index (χ0) is 17.5. The quantitative estimate of drug-likeness (QED) is 0.674. The Bertz CT molecular complexity index is 622. The lowest BCUT2D eigenvalue weighted by Gasteiger charge is -2.35. The van der Waals surface area contributed by atoms with E-state index in [0.717, 1.165) is 0 Å². The minimum atomic E-state index is -1.76. The Morgan fingerprint density at radius 2 is 0.870 bits per heavy atom. The van der Waals surface area contributed by atoms with Gasteiger partial charge in [0.25, 0.3) is 0 Å². The Labute approximate surface area is 144 Å². The van der Waals surface area contributed by atoms with Gasteiger partial charge in [0.1, 0.15) is 8.07 Å². The number of benzene rings is 2. The number of hydrogen-bond donors (Lipinski definition) is 0. The van der Waals surface area contributed by atoms with Crippen LogP contribution in [0, 0.1) is 0 Å².